The first-order valence-corrected chi connectivity index (χ1v) is 11.3. The zero-order valence-corrected chi connectivity index (χ0v) is 19.4. The Balaban J connectivity index is 1.25. The van der Waals surface area contributed by atoms with Gasteiger partial charge in [0, 0.05) is 17.0 Å². The number of nitrogens with one attached hydrogen (secondary N) is 1. The Morgan fingerprint density at radius 3 is 2.59 bits per heavy atom. The molecule has 10 heteroatoms. The van der Waals surface area contributed by atoms with Crippen molar-refractivity contribution in [2.45, 2.75) is 26.9 Å². The molecule has 0 radical (unpaired) electrons. The highest BCUT2D eigenvalue weighted by molar-refractivity contribution is 7.09. The zero-order chi connectivity index (χ0) is 24.1. The maximum atomic E-state index is 12.3. The third-order valence-corrected chi connectivity index (χ3v) is 5.71. The number of amides is 1. The minimum absolute atomic E-state index is 0.0398. The summed E-state index contributed by atoms with van der Waals surface area (Å²) in [6, 6.07) is 10.7. The first-order valence-electron chi connectivity index (χ1n) is 10.4. The van der Waals surface area contributed by atoms with E-state index in [0.29, 0.717) is 23.8 Å². The number of benzene rings is 2. The first-order chi connectivity index (χ1) is 16.4. The third-order valence-electron chi connectivity index (χ3n) is 4.84. The fourth-order valence-electron chi connectivity index (χ4n) is 3.14. The van der Waals surface area contributed by atoms with E-state index in [-0.39, 0.29) is 30.2 Å². The van der Waals surface area contributed by atoms with Gasteiger partial charge in [-0.2, -0.15) is 0 Å². The summed E-state index contributed by atoms with van der Waals surface area (Å²) < 4.78 is 21.3. The molecule has 0 saturated carbocycles. The van der Waals surface area contributed by atoms with Gasteiger partial charge in [0.15, 0.2) is 23.9 Å². The van der Waals surface area contributed by atoms with Crippen molar-refractivity contribution in [1.82, 2.24) is 4.98 Å². The van der Waals surface area contributed by atoms with Gasteiger partial charge in [-0.05, 0) is 32.0 Å². The van der Waals surface area contributed by atoms with Crippen LogP contribution in [0.15, 0.2) is 41.8 Å². The van der Waals surface area contributed by atoms with Crippen molar-refractivity contribution in [2.24, 2.45) is 0 Å². The zero-order valence-electron chi connectivity index (χ0n) is 18.6. The van der Waals surface area contributed by atoms with E-state index in [4.69, 9.17) is 18.9 Å². The molecule has 34 heavy (non-hydrogen) atoms. The molecule has 4 rings (SSSR count). The number of ether oxygens (including phenoxy) is 4. The quantitative estimate of drug-likeness (QED) is 0.363. The summed E-state index contributed by atoms with van der Waals surface area (Å²) in [5, 5.41) is 5.05. The minimum atomic E-state index is -0.594. The van der Waals surface area contributed by atoms with E-state index in [1.165, 1.54) is 30.4 Å². The summed E-state index contributed by atoms with van der Waals surface area (Å²) in [4.78, 5) is 40.7. The molecule has 2 heterocycles. The standard InChI is InChI=1S/C24H22N2O7S/c1-14-3-5-17(6-4-14)30-11-23-25-16(12-34-23)7-24(29)31-10-22(28)26-19-9-21-20(32-13-33-21)8-18(19)15(2)27/h3-6,8-9,12H,7,10-11,13H2,1-2H3,(H,26,28). The second-order valence-corrected chi connectivity index (χ2v) is 8.47. The Kier molecular flexibility index (Phi) is 7.07. The van der Waals surface area contributed by atoms with Crippen molar-refractivity contribution in [3.63, 3.8) is 0 Å². The molecule has 0 atom stereocenters. The van der Waals surface area contributed by atoms with Gasteiger partial charge < -0.3 is 24.3 Å². The SMILES string of the molecule is CC(=O)c1cc2c(cc1NC(=O)COC(=O)Cc1csc(COc3ccc(C)cc3)n1)OCO2. The molecule has 1 amide bonds. The van der Waals surface area contributed by atoms with Gasteiger partial charge in [0.1, 0.15) is 17.4 Å². The van der Waals surface area contributed by atoms with Crippen LogP contribution in [0, 0.1) is 6.92 Å². The molecule has 9 nitrogen and oxygen atoms in total. The average Bonchev–Trinajstić information content (AvgIpc) is 3.45. The maximum Gasteiger partial charge on any atom is 0.312 e. The fraction of sp³-hybridized carbons (Fsp3) is 0.250. The molecule has 1 aliphatic rings. The van der Waals surface area contributed by atoms with Crippen LogP contribution in [0.3, 0.4) is 0 Å². The number of hydrogen-bond acceptors (Lipinski definition) is 9. The highest BCUT2D eigenvalue weighted by Gasteiger charge is 2.21. The molecule has 0 saturated heterocycles. The van der Waals surface area contributed by atoms with Gasteiger partial charge in [-0.15, -0.1) is 11.3 Å². The van der Waals surface area contributed by atoms with Crippen LogP contribution in [0.25, 0.3) is 0 Å². The molecular weight excluding hydrogens is 460 g/mol. The van der Waals surface area contributed by atoms with Gasteiger partial charge >= 0.3 is 5.97 Å². The summed E-state index contributed by atoms with van der Waals surface area (Å²) in [7, 11) is 0. The van der Waals surface area contributed by atoms with E-state index in [0.717, 1.165) is 16.3 Å². The first kappa shape index (κ1) is 23.2. The normalized spacial score (nSPS) is 11.7. The fourth-order valence-corrected chi connectivity index (χ4v) is 3.85. The van der Waals surface area contributed by atoms with Gasteiger partial charge in [-0.1, -0.05) is 17.7 Å². The maximum absolute atomic E-state index is 12.3. The number of Topliss-reactive ketones (excluding diaryl/α,β-unsaturated/α-hetero) is 1. The van der Waals surface area contributed by atoms with E-state index >= 15 is 0 Å². The van der Waals surface area contributed by atoms with Gasteiger partial charge in [-0.25, -0.2) is 4.98 Å². The second kappa shape index (κ2) is 10.3. The molecule has 1 aromatic heterocycles. The Labute approximate surface area is 199 Å². The smallest absolute Gasteiger partial charge is 0.312 e. The lowest BCUT2D eigenvalue weighted by Crippen LogP contribution is -2.22. The van der Waals surface area contributed by atoms with E-state index in [9.17, 15) is 14.4 Å². The molecule has 1 aliphatic heterocycles. The summed E-state index contributed by atoms with van der Waals surface area (Å²) >= 11 is 1.38. The van der Waals surface area contributed by atoms with Crippen LogP contribution in [0.5, 0.6) is 17.2 Å². The highest BCUT2D eigenvalue weighted by Crippen LogP contribution is 2.37. The predicted molar refractivity (Wildman–Crippen MR) is 123 cm³/mol. The number of anilines is 1. The third kappa shape index (κ3) is 5.90. The molecule has 0 bridgehead atoms. The van der Waals surface area contributed by atoms with Crippen LogP contribution in [0.2, 0.25) is 0 Å². The number of thiazole rings is 1. The van der Waals surface area contributed by atoms with Gasteiger partial charge in [0.2, 0.25) is 6.79 Å². The predicted octanol–water partition coefficient (Wildman–Crippen LogP) is 3.69. The molecule has 0 aliphatic carbocycles. The molecule has 0 unspecified atom stereocenters. The number of esters is 1. The molecule has 0 fully saturated rings. The summed E-state index contributed by atoms with van der Waals surface area (Å²) in [6.45, 7) is 3.21. The number of carbonyl (C=O) groups is 3. The monoisotopic (exact) mass is 482 g/mol. The van der Waals surface area contributed by atoms with Crippen molar-refractivity contribution in [1.29, 1.82) is 0 Å². The van der Waals surface area contributed by atoms with Crippen molar-refractivity contribution < 1.29 is 33.3 Å². The number of hydrogen-bond donors (Lipinski definition) is 1. The Morgan fingerprint density at radius 2 is 1.85 bits per heavy atom. The number of carbonyl (C=O) groups excluding carboxylic acids is 3. The lowest BCUT2D eigenvalue weighted by atomic mass is 10.1. The van der Waals surface area contributed by atoms with Crippen molar-refractivity contribution in [3.8, 4) is 17.2 Å². The minimum Gasteiger partial charge on any atom is -0.486 e. The van der Waals surface area contributed by atoms with Crippen LogP contribution in [-0.4, -0.2) is 36.0 Å². The van der Waals surface area contributed by atoms with E-state index < -0.39 is 18.5 Å². The van der Waals surface area contributed by atoms with Crippen LogP contribution in [0.1, 0.15) is 33.5 Å². The number of rotatable bonds is 9. The van der Waals surface area contributed by atoms with E-state index in [1.807, 2.05) is 31.2 Å². The van der Waals surface area contributed by atoms with Crippen LogP contribution in [-0.2, 0) is 27.4 Å². The topological polar surface area (TPSA) is 113 Å². The second-order valence-electron chi connectivity index (χ2n) is 7.53. The Hall–Kier alpha value is -3.92. The molecule has 176 valence electrons. The molecule has 3 aromatic rings. The van der Waals surface area contributed by atoms with Crippen molar-refractivity contribution in [3.05, 3.63) is 63.6 Å². The molecule has 1 N–H and O–H groups in total. The lowest BCUT2D eigenvalue weighted by Gasteiger charge is -2.11. The van der Waals surface area contributed by atoms with Crippen LogP contribution >= 0.6 is 11.3 Å². The molecule has 0 spiro atoms. The van der Waals surface area contributed by atoms with Crippen LogP contribution < -0.4 is 19.5 Å². The Bertz CT molecular complexity index is 1220. The highest BCUT2D eigenvalue weighted by atomic mass is 32.1. The summed E-state index contributed by atoms with van der Waals surface area (Å²) in [5.41, 5.74) is 2.21. The summed E-state index contributed by atoms with van der Waals surface area (Å²) in [5.74, 6) is 0.160. The largest absolute Gasteiger partial charge is 0.486 e. The molecular formula is C24H22N2O7S. The molecule has 2 aromatic carbocycles. The van der Waals surface area contributed by atoms with E-state index in [1.54, 1.807) is 5.38 Å². The number of nitrogens with zero attached hydrogens (tertiary/aromatic N) is 1. The van der Waals surface area contributed by atoms with Gasteiger partial charge in [0.05, 0.1) is 17.8 Å². The average molecular weight is 483 g/mol. The number of aryl methyl sites for hydroxylation is 1. The van der Waals surface area contributed by atoms with E-state index in [2.05, 4.69) is 10.3 Å². The van der Waals surface area contributed by atoms with Gasteiger partial charge in [0.25, 0.3) is 5.91 Å². The van der Waals surface area contributed by atoms with Crippen molar-refractivity contribution in [2.75, 3.05) is 18.7 Å². The number of aromatic nitrogens is 1. The van der Waals surface area contributed by atoms with Gasteiger partial charge in [-0.3, -0.25) is 14.4 Å². The lowest BCUT2D eigenvalue weighted by molar-refractivity contribution is -0.146. The van der Waals surface area contributed by atoms with Crippen molar-refractivity contribution >= 4 is 34.7 Å². The summed E-state index contributed by atoms with van der Waals surface area (Å²) in [6.07, 6.45) is -0.0724. The number of fused-ring (bicyclic) bond motifs is 1. The van der Waals surface area contributed by atoms with Crippen LogP contribution in [0.4, 0.5) is 5.69 Å². The Morgan fingerprint density at radius 1 is 1.12 bits per heavy atom. The number of ketones is 1.